The van der Waals surface area contributed by atoms with Crippen LogP contribution >= 0.6 is 11.6 Å². The summed E-state index contributed by atoms with van der Waals surface area (Å²) >= 11 is 6.29. The van der Waals surface area contributed by atoms with Crippen molar-refractivity contribution < 1.29 is 14.6 Å². The zero-order valence-electron chi connectivity index (χ0n) is 16.7. The van der Waals surface area contributed by atoms with E-state index >= 15 is 0 Å². The van der Waals surface area contributed by atoms with Gasteiger partial charge < -0.3 is 19.3 Å². The molecule has 0 bridgehead atoms. The maximum absolute atomic E-state index is 11.6. The van der Waals surface area contributed by atoms with Crippen molar-refractivity contribution in [3.8, 4) is 5.75 Å². The van der Waals surface area contributed by atoms with Gasteiger partial charge in [0.2, 0.25) is 0 Å². The summed E-state index contributed by atoms with van der Waals surface area (Å²) in [5.41, 5.74) is 4.73. The molecule has 1 aromatic heterocycles. The zero-order chi connectivity index (χ0) is 20.5. The van der Waals surface area contributed by atoms with Gasteiger partial charge in [0, 0.05) is 47.2 Å². The smallest absolute Gasteiger partial charge is 0.304 e. The van der Waals surface area contributed by atoms with Gasteiger partial charge in [-0.3, -0.25) is 4.79 Å². The molecule has 1 atom stereocenters. The van der Waals surface area contributed by atoms with E-state index in [1.54, 1.807) is 7.11 Å². The van der Waals surface area contributed by atoms with Crippen LogP contribution in [0.2, 0.25) is 5.02 Å². The first-order chi connectivity index (χ1) is 14.0. The van der Waals surface area contributed by atoms with Gasteiger partial charge in [-0.15, -0.1) is 0 Å². The highest BCUT2D eigenvalue weighted by Gasteiger charge is 2.25. The number of benzene rings is 2. The lowest BCUT2D eigenvalue weighted by Crippen LogP contribution is -2.28. The Bertz CT molecular complexity index is 1040. The first kappa shape index (κ1) is 19.8. The van der Waals surface area contributed by atoms with Crippen LogP contribution in [0.5, 0.6) is 5.75 Å². The topological polar surface area (TPSA) is 54.7 Å². The van der Waals surface area contributed by atoms with Crippen LogP contribution in [0.15, 0.2) is 42.5 Å². The second-order valence-electron chi connectivity index (χ2n) is 7.75. The van der Waals surface area contributed by atoms with Crippen molar-refractivity contribution in [2.75, 3.05) is 20.7 Å². The molecule has 3 aromatic rings. The summed E-state index contributed by atoms with van der Waals surface area (Å²) in [5.74, 6) is -0.166. The molecule has 6 heteroatoms. The van der Waals surface area contributed by atoms with E-state index in [1.165, 1.54) is 16.6 Å². The lowest BCUT2D eigenvalue weighted by atomic mass is 9.95. The van der Waals surface area contributed by atoms with Gasteiger partial charge in [-0.2, -0.15) is 0 Å². The molecule has 0 amide bonds. The number of halogens is 1. The molecule has 0 spiro atoms. The first-order valence-corrected chi connectivity index (χ1v) is 10.2. The van der Waals surface area contributed by atoms with Crippen LogP contribution in [0, 0.1) is 0 Å². The highest BCUT2D eigenvalue weighted by molar-refractivity contribution is 6.31. The largest absolute Gasteiger partial charge is 0.497 e. The molecule has 1 N–H and O–H groups in total. The summed E-state index contributed by atoms with van der Waals surface area (Å²) in [6, 6.07) is 13.7. The number of methoxy groups -OCH3 is 1. The van der Waals surface area contributed by atoms with Crippen molar-refractivity contribution in [1.29, 1.82) is 0 Å². The van der Waals surface area contributed by atoms with Crippen molar-refractivity contribution in [3.63, 3.8) is 0 Å². The first-order valence-electron chi connectivity index (χ1n) is 9.80. The Labute approximate surface area is 175 Å². The Balaban J connectivity index is 1.79. The van der Waals surface area contributed by atoms with Crippen LogP contribution in [0.4, 0.5) is 0 Å². The number of hydrogen-bond donors (Lipinski definition) is 1. The summed E-state index contributed by atoms with van der Waals surface area (Å²) in [6.45, 7) is 2.47. The molecule has 1 aliphatic rings. The number of carbonyl (C=O) groups is 1. The molecule has 0 saturated heterocycles. The third-order valence-corrected chi connectivity index (χ3v) is 6.06. The van der Waals surface area contributed by atoms with Crippen molar-refractivity contribution in [3.05, 3.63) is 64.3 Å². The number of aliphatic carboxylic acids is 1. The number of rotatable bonds is 6. The lowest BCUT2D eigenvalue weighted by Gasteiger charge is -2.26. The number of aromatic nitrogens is 1. The van der Waals surface area contributed by atoms with Gasteiger partial charge in [0.1, 0.15) is 5.75 Å². The van der Waals surface area contributed by atoms with Crippen molar-refractivity contribution in [2.24, 2.45) is 0 Å². The minimum atomic E-state index is -0.795. The predicted molar refractivity (Wildman–Crippen MR) is 115 cm³/mol. The molecule has 2 heterocycles. The lowest BCUT2D eigenvalue weighted by molar-refractivity contribution is -0.137. The van der Waals surface area contributed by atoms with Crippen LogP contribution < -0.4 is 4.74 Å². The van der Waals surface area contributed by atoms with Crippen LogP contribution in [0.3, 0.4) is 0 Å². The predicted octanol–water partition coefficient (Wildman–Crippen LogP) is 4.55. The normalized spacial score (nSPS) is 15.3. The average Bonchev–Trinajstić information content (AvgIpc) is 2.99. The Kier molecular flexibility index (Phi) is 5.52. The molecule has 1 unspecified atom stereocenters. The summed E-state index contributed by atoms with van der Waals surface area (Å²) in [5, 5.41) is 11.5. The van der Waals surface area contributed by atoms with E-state index in [1.807, 2.05) is 36.4 Å². The van der Waals surface area contributed by atoms with Crippen molar-refractivity contribution in [1.82, 2.24) is 9.47 Å². The highest BCUT2D eigenvalue weighted by Crippen LogP contribution is 2.35. The third kappa shape index (κ3) is 3.98. The summed E-state index contributed by atoms with van der Waals surface area (Å²) in [6.07, 6.45) is 1.05. The van der Waals surface area contributed by atoms with Crippen LogP contribution in [0.1, 0.15) is 29.2 Å². The SMILES string of the molecule is COc1ccc(C(CC(=O)O)Cn2c3c(c4cc(Cl)ccc42)CCN(C)C3)cc1. The van der Waals surface area contributed by atoms with E-state index in [0.717, 1.165) is 41.4 Å². The third-order valence-electron chi connectivity index (χ3n) is 5.82. The van der Waals surface area contributed by atoms with Gasteiger partial charge in [0.15, 0.2) is 0 Å². The Hall–Kier alpha value is -2.50. The van der Waals surface area contributed by atoms with Crippen LogP contribution in [-0.4, -0.2) is 41.2 Å². The number of fused-ring (bicyclic) bond motifs is 3. The van der Waals surface area contributed by atoms with Crippen molar-refractivity contribution >= 4 is 28.5 Å². The van der Waals surface area contributed by atoms with E-state index in [9.17, 15) is 9.90 Å². The Morgan fingerprint density at radius 1 is 1.24 bits per heavy atom. The number of ether oxygens (including phenoxy) is 1. The molecule has 29 heavy (non-hydrogen) atoms. The summed E-state index contributed by atoms with van der Waals surface area (Å²) in [4.78, 5) is 13.9. The Morgan fingerprint density at radius 2 is 2.00 bits per heavy atom. The van der Waals surface area contributed by atoms with E-state index in [2.05, 4.69) is 22.6 Å². The number of carboxylic acids is 1. The molecule has 0 aliphatic carbocycles. The van der Waals surface area contributed by atoms with E-state index in [-0.39, 0.29) is 12.3 Å². The van der Waals surface area contributed by atoms with Gasteiger partial charge in [0.25, 0.3) is 0 Å². The van der Waals surface area contributed by atoms with Gasteiger partial charge >= 0.3 is 5.97 Å². The molecule has 2 aromatic carbocycles. The number of carboxylic acid groups (broad SMARTS) is 1. The molecule has 4 rings (SSSR count). The molecule has 0 fully saturated rings. The van der Waals surface area contributed by atoms with E-state index < -0.39 is 5.97 Å². The molecule has 1 aliphatic heterocycles. The number of likely N-dealkylation sites (N-methyl/N-ethyl adjacent to an activating group) is 1. The second-order valence-corrected chi connectivity index (χ2v) is 8.19. The van der Waals surface area contributed by atoms with Gasteiger partial charge in [-0.25, -0.2) is 0 Å². The minimum absolute atomic E-state index is 0.0736. The number of hydrogen-bond acceptors (Lipinski definition) is 3. The fourth-order valence-electron chi connectivity index (χ4n) is 4.35. The van der Waals surface area contributed by atoms with Crippen molar-refractivity contribution in [2.45, 2.75) is 31.8 Å². The monoisotopic (exact) mass is 412 g/mol. The number of nitrogens with zero attached hydrogens (tertiary/aromatic N) is 2. The molecule has 0 radical (unpaired) electrons. The van der Waals surface area contributed by atoms with Gasteiger partial charge in [0.05, 0.1) is 13.5 Å². The fraction of sp³-hybridized carbons (Fsp3) is 0.348. The Morgan fingerprint density at radius 3 is 2.69 bits per heavy atom. The molecule has 5 nitrogen and oxygen atoms in total. The summed E-state index contributed by atoms with van der Waals surface area (Å²) < 4.78 is 7.55. The maximum Gasteiger partial charge on any atom is 0.304 e. The van der Waals surface area contributed by atoms with Gasteiger partial charge in [-0.05, 0) is 54.9 Å². The summed E-state index contributed by atoms with van der Waals surface area (Å²) in [7, 11) is 3.75. The maximum atomic E-state index is 11.6. The minimum Gasteiger partial charge on any atom is -0.497 e. The van der Waals surface area contributed by atoms with Gasteiger partial charge in [-0.1, -0.05) is 23.7 Å². The quantitative estimate of drug-likeness (QED) is 0.645. The van der Waals surface area contributed by atoms with E-state index in [0.29, 0.717) is 6.54 Å². The molecule has 0 saturated carbocycles. The van der Waals surface area contributed by atoms with E-state index in [4.69, 9.17) is 16.3 Å². The molecule has 152 valence electrons. The molecular weight excluding hydrogens is 388 g/mol. The zero-order valence-corrected chi connectivity index (χ0v) is 17.4. The standard InChI is InChI=1S/C23H25ClN2O3/c1-25-10-9-19-20-12-17(24)5-8-21(20)26(22(19)14-25)13-16(11-23(27)28)15-3-6-18(29-2)7-4-15/h3-8,12,16H,9-11,13-14H2,1-2H3,(H,27,28). The van der Waals surface area contributed by atoms with Crippen LogP contribution in [0.25, 0.3) is 10.9 Å². The highest BCUT2D eigenvalue weighted by atomic mass is 35.5. The fourth-order valence-corrected chi connectivity index (χ4v) is 4.52. The average molecular weight is 413 g/mol. The second kappa shape index (κ2) is 8.09. The van der Waals surface area contributed by atoms with Crippen LogP contribution in [-0.2, 0) is 24.3 Å². The molecular formula is C23H25ClN2O3.